The molecule has 1 fully saturated rings. The van der Waals surface area contributed by atoms with E-state index in [4.69, 9.17) is 9.47 Å². The number of rotatable bonds is 4. The Hall–Kier alpha value is -5.22. The molecule has 0 aliphatic carbocycles. The molecule has 0 bridgehead atoms. The summed E-state index contributed by atoms with van der Waals surface area (Å²) < 4.78 is 46.3. The molecular weight excluding hydrogens is 566 g/mol. The van der Waals surface area contributed by atoms with Crippen LogP contribution in [0.1, 0.15) is 33.2 Å². The van der Waals surface area contributed by atoms with Gasteiger partial charge < -0.3 is 18.9 Å². The number of halogens is 2. The van der Waals surface area contributed by atoms with Crippen molar-refractivity contribution in [1.29, 1.82) is 0 Å². The summed E-state index contributed by atoms with van der Waals surface area (Å²) in [6, 6.07) is 24.0. The summed E-state index contributed by atoms with van der Waals surface area (Å²) in [6.07, 6.45) is 2.75. The van der Waals surface area contributed by atoms with Crippen LogP contribution in [0.4, 0.5) is 8.78 Å². The van der Waals surface area contributed by atoms with E-state index in [2.05, 4.69) is 0 Å². The van der Waals surface area contributed by atoms with Gasteiger partial charge in [0.15, 0.2) is 23.1 Å². The summed E-state index contributed by atoms with van der Waals surface area (Å²) in [5.74, 6) is -2.36. The predicted octanol–water partition coefficient (Wildman–Crippen LogP) is 5.02. The van der Waals surface area contributed by atoms with Crippen LogP contribution in [-0.2, 0) is 11.3 Å². The number of para-hydroxylation sites is 1. The van der Waals surface area contributed by atoms with Crippen molar-refractivity contribution in [2.75, 3.05) is 24.8 Å². The first-order chi connectivity index (χ1) is 21.5. The number of carbonyl (C=O) groups excluding carboxylic acids is 1. The van der Waals surface area contributed by atoms with E-state index in [1.807, 2.05) is 70.4 Å². The normalized spacial score (nSPS) is 18.5. The molecule has 10 heteroatoms. The number of pyridine rings is 1. The molecular formula is C34H26F2N4O4. The molecule has 3 aliphatic rings. The fourth-order valence-electron chi connectivity index (χ4n) is 6.63. The highest BCUT2D eigenvalue weighted by Crippen LogP contribution is 2.46. The van der Waals surface area contributed by atoms with E-state index in [9.17, 15) is 14.0 Å². The molecule has 44 heavy (non-hydrogen) atoms. The first kappa shape index (κ1) is 26.4. The van der Waals surface area contributed by atoms with Crippen molar-refractivity contribution in [2.24, 2.45) is 0 Å². The van der Waals surface area contributed by atoms with Crippen LogP contribution in [0.15, 0.2) is 102 Å². The summed E-state index contributed by atoms with van der Waals surface area (Å²) >= 11 is 0. The van der Waals surface area contributed by atoms with Crippen LogP contribution in [0.25, 0.3) is 16.9 Å². The number of ether oxygens (including phenoxy) is 2. The first-order valence-electron chi connectivity index (χ1n) is 14.4. The van der Waals surface area contributed by atoms with Gasteiger partial charge in [-0.05, 0) is 35.4 Å². The van der Waals surface area contributed by atoms with Gasteiger partial charge in [0, 0.05) is 36.1 Å². The van der Waals surface area contributed by atoms with Crippen LogP contribution in [0.5, 0.6) is 5.75 Å². The maximum atomic E-state index is 15.9. The number of hydrogen-bond acceptors (Lipinski definition) is 5. The van der Waals surface area contributed by atoms with Crippen LogP contribution in [0, 0.1) is 11.6 Å². The predicted molar refractivity (Wildman–Crippen MR) is 158 cm³/mol. The summed E-state index contributed by atoms with van der Waals surface area (Å²) in [5, 5.41) is 1.92. The topological polar surface area (TPSA) is 68.9 Å². The number of morpholine rings is 1. The Labute approximate surface area is 250 Å². The van der Waals surface area contributed by atoms with Crippen molar-refractivity contribution in [3.05, 3.63) is 142 Å². The highest BCUT2D eigenvalue weighted by molar-refractivity contribution is 5.97. The Kier molecular flexibility index (Phi) is 6.12. The second-order valence-corrected chi connectivity index (χ2v) is 11.0. The molecule has 2 unspecified atom stereocenters. The van der Waals surface area contributed by atoms with Crippen LogP contribution in [0.3, 0.4) is 0 Å². The molecule has 2 aromatic heterocycles. The Morgan fingerprint density at radius 1 is 0.864 bits per heavy atom. The van der Waals surface area contributed by atoms with Crippen molar-refractivity contribution < 1.29 is 23.0 Å². The molecule has 0 spiro atoms. The van der Waals surface area contributed by atoms with Crippen molar-refractivity contribution in [3.8, 4) is 22.7 Å². The molecule has 1 amide bonds. The molecule has 0 N–H and O–H groups in total. The first-order valence-corrected chi connectivity index (χ1v) is 14.4. The van der Waals surface area contributed by atoms with E-state index in [0.29, 0.717) is 17.9 Å². The zero-order valence-electron chi connectivity index (χ0n) is 23.4. The van der Waals surface area contributed by atoms with Crippen LogP contribution in [0.2, 0.25) is 0 Å². The smallest absolute Gasteiger partial charge is 0.278 e. The third-order valence-corrected chi connectivity index (χ3v) is 8.56. The Morgan fingerprint density at radius 3 is 2.55 bits per heavy atom. The zero-order chi connectivity index (χ0) is 29.9. The van der Waals surface area contributed by atoms with E-state index in [1.54, 1.807) is 34.0 Å². The van der Waals surface area contributed by atoms with Gasteiger partial charge in [-0.25, -0.2) is 8.78 Å². The molecule has 0 saturated carbocycles. The van der Waals surface area contributed by atoms with Crippen LogP contribution < -0.4 is 15.2 Å². The van der Waals surface area contributed by atoms with Gasteiger partial charge in [0.05, 0.1) is 24.6 Å². The lowest BCUT2D eigenvalue weighted by atomic mass is 9.91. The minimum Gasteiger partial charge on any atom is -0.482 e. The Bertz CT molecular complexity index is 1990. The third kappa shape index (κ3) is 3.91. The van der Waals surface area contributed by atoms with Gasteiger partial charge in [-0.15, -0.1) is 0 Å². The molecule has 1 saturated heterocycles. The summed E-state index contributed by atoms with van der Waals surface area (Å²) in [4.78, 5) is 29.1. The number of amides is 1. The van der Waals surface area contributed by atoms with Crippen LogP contribution >= 0.6 is 0 Å². The zero-order valence-corrected chi connectivity index (χ0v) is 23.4. The average Bonchev–Trinajstić information content (AvgIpc) is 3.50. The lowest BCUT2D eigenvalue weighted by Gasteiger charge is -2.51. The Morgan fingerprint density at radius 2 is 1.68 bits per heavy atom. The second-order valence-electron chi connectivity index (χ2n) is 11.0. The highest BCUT2D eigenvalue weighted by atomic mass is 19.2. The van der Waals surface area contributed by atoms with Crippen molar-refractivity contribution in [2.45, 2.75) is 18.8 Å². The molecule has 0 radical (unpaired) electrons. The molecule has 8 rings (SSSR count). The number of fused-ring (bicyclic) bond motifs is 7. The molecule has 3 aromatic carbocycles. The van der Waals surface area contributed by atoms with E-state index in [1.165, 1.54) is 6.07 Å². The average molecular weight is 593 g/mol. The lowest BCUT2D eigenvalue weighted by molar-refractivity contribution is -0.0198. The maximum Gasteiger partial charge on any atom is 0.278 e. The maximum absolute atomic E-state index is 15.9. The quantitative estimate of drug-likeness (QED) is 0.293. The van der Waals surface area contributed by atoms with E-state index < -0.39 is 29.3 Å². The summed E-state index contributed by atoms with van der Waals surface area (Å²) in [5.41, 5.74) is 3.18. The monoisotopic (exact) mass is 592 g/mol. The van der Waals surface area contributed by atoms with Gasteiger partial charge in [-0.2, -0.15) is 0 Å². The molecule has 5 heterocycles. The molecule has 2 atom stereocenters. The fourth-order valence-corrected chi connectivity index (χ4v) is 6.63. The number of carbonyl (C=O) groups is 1. The number of aromatic nitrogens is 2. The minimum atomic E-state index is -0.961. The lowest BCUT2D eigenvalue weighted by Crippen LogP contribution is -2.66. The fraction of sp³-hybridized carbons (Fsp3) is 0.176. The standard InChI is InChI=1S/C34H26F2N4O4/c35-24-13-12-23-29(30(24)36)26-11-6-15-37(26)25-10-5-4-9-22(25)31(23)40-28-20-43-18-17-38(28)34(42)32-33(27(41)14-16-39(32)40)44-19-21-7-2-1-3-8-21/h1-16,28,31H,17-20H2. The second kappa shape index (κ2) is 10.2. The van der Waals surface area contributed by atoms with E-state index in [0.717, 1.165) is 22.9 Å². The number of nitrogens with zero attached hydrogens (tertiary/aromatic N) is 4. The largest absolute Gasteiger partial charge is 0.482 e. The number of benzene rings is 3. The van der Waals surface area contributed by atoms with Crippen LogP contribution in [-0.4, -0.2) is 46.0 Å². The summed E-state index contributed by atoms with van der Waals surface area (Å²) in [7, 11) is 0. The minimum absolute atomic E-state index is 0.0667. The van der Waals surface area contributed by atoms with Gasteiger partial charge in [0.25, 0.3) is 5.91 Å². The van der Waals surface area contributed by atoms with E-state index in [-0.39, 0.29) is 42.7 Å². The molecule has 220 valence electrons. The SMILES string of the molecule is O=C1c2c(OCc3ccccc3)c(=O)ccn2N(C2c3ccccc3-n3cccc3-c3c2ccc(F)c3F)C2COCCN12. The Balaban J connectivity index is 1.39. The summed E-state index contributed by atoms with van der Waals surface area (Å²) in [6.45, 7) is 0.847. The van der Waals surface area contributed by atoms with Crippen molar-refractivity contribution >= 4 is 5.91 Å². The van der Waals surface area contributed by atoms with Crippen molar-refractivity contribution in [3.63, 3.8) is 0 Å². The molecule has 3 aliphatic heterocycles. The van der Waals surface area contributed by atoms with E-state index >= 15 is 4.39 Å². The highest BCUT2D eigenvalue weighted by Gasteiger charge is 2.46. The van der Waals surface area contributed by atoms with Gasteiger partial charge in [-0.1, -0.05) is 54.6 Å². The third-order valence-electron chi connectivity index (χ3n) is 8.56. The van der Waals surface area contributed by atoms with Gasteiger partial charge in [0.1, 0.15) is 18.8 Å². The van der Waals surface area contributed by atoms with Gasteiger partial charge in [-0.3, -0.25) is 19.3 Å². The van der Waals surface area contributed by atoms with Gasteiger partial charge >= 0.3 is 0 Å². The van der Waals surface area contributed by atoms with Gasteiger partial charge in [0.2, 0.25) is 5.43 Å². The molecule has 5 aromatic rings. The molecule has 8 nitrogen and oxygen atoms in total. The van der Waals surface area contributed by atoms with Crippen molar-refractivity contribution in [1.82, 2.24) is 14.1 Å². The number of hydrogen-bond donors (Lipinski definition) is 0.